The fraction of sp³-hybridized carbons (Fsp3) is 0.133. The van der Waals surface area contributed by atoms with Crippen LogP contribution in [0.4, 0.5) is 5.69 Å². The zero-order valence-electron chi connectivity index (χ0n) is 11.4. The van der Waals surface area contributed by atoms with Crippen molar-refractivity contribution in [3.8, 4) is 11.5 Å². The lowest BCUT2D eigenvalue weighted by atomic mass is 10.1. The van der Waals surface area contributed by atoms with Gasteiger partial charge < -0.3 is 14.8 Å². The van der Waals surface area contributed by atoms with Crippen molar-refractivity contribution in [2.45, 2.75) is 0 Å². The Bertz CT molecular complexity index is 676. The quantitative estimate of drug-likeness (QED) is 0.758. The van der Waals surface area contributed by atoms with Gasteiger partial charge in [-0.15, -0.1) is 0 Å². The Morgan fingerprint density at radius 2 is 1.95 bits per heavy atom. The molecule has 0 bridgehead atoms. The van der Waals surface area contributed by atoms with Crippen LogP contribution < -0.4 is 14.8 Å². The third-order valence-corrected chi connectivity index (χ3v) is 3.73. The van der Waals surface area contributed by atoms with Crippen LogP contribution in [-0.4, -0.2) is 20.1 Å². The van der Waals surface area contributed by atoms with Crippen LogP contribution in [0.15, 0.2) is 36.4 Å². The molecule has 0 heterocycles. The second-order valence-electron chi connectivity index (χ2n) is 4.16. The van der Waals surface area contributed by atoms with E-state index in [-0.39, 0.29) is 5.91 Å². The molecule has 2 aromatic carbocycles. The zero-order valence-corrected chi connectivity index (χ0v) is 14.4. The van der Waals surface area contributed by atoms with Crippen LogP contribution in [0.1, 0.15) is 10.4 Å². The van der Waals surface area contributed by atoms with Crippen LogP contribution in [-0.2, 0) is 0 Å². The zero-order chi connectivity index (χ0) is 15.4. The predicted octanol–water partition coefficient (Wildman–Crippen LogP) is 4.21. The molecule has 0 aliphatic carbocycles. The molecule has 0 atom stereocenters. The summed E-state index contributed by atoms with van der Waals surface area (Å²) in [5.41, 5.74) is 1.12. The van der Waals surface area contributed by atoms with E-state index in [9.17, 15) is 4.79 Å². The lowest BCUT2D eigenvalue weighted by Gasteiger charge is -2.12. The van der Waals surface area contributed by atoms with E-state index in [1.807, 2.05) is 24.3 Å². The van der Waals surface area contributed by atoms with Crippen LogP contribution in [0.3, 0.4) is 0 Å². The van der Waals surface area contributed by atoms with Crippen molar-refractivity contribution in [1.82, 2.24) is 0 Å². The van der Waals surface area contributed by atoms with Crippen molar-refractivity contribution < 1.29 is 14.3 Å². The molecule has 110 valence electrons. The first kappa shape index (κ1) is 15.9. The maximum absolute atomic E-state index is 12.3. The van der Waals surface area contributed by atoms with Crippen molar-refractivity contribution in [1.29, 1.82) is 0 Å². The number of benzene rings is 2. The number of amides is 1. The van der Waals surface area contributed by atoms with E-state index >= 15 is 0 Å². The molecule has 0 aliphatic heterocycles. The number of anilines is 1. The van der Waals surface area contributed by atoms with E-state index < -0.39 is 0 Å². The van der Waals surface area contributed by atoms with Crippen LogP contribution in [0.5, 0.6) is 11.5 Å². The first-order chi connectivity index (χ1) is 10.0. The van der Waals surface area contributed by atoms with Gasteiger partial charge in [-0.05, 0) is 52.9 Å². The van der Waals surface area contributed by atoms with Gasteiger partial charge in [0.1, 0.15) is 0 Å². The van der Waals surface area contributed by atoms with E-state index in [1.165, 1.54) is 14.2 Å². The number of halogens is 2. The van der Waals surface area contributed by atoms with Crippen molar-refractivity contribution >= 4 is 45.8 Å². The Morgan fingerprint density at radius 3 is 2.57 bits per heavy atom. The fourth-order valence-electron chi connectivity index (χ4n) is 1.82. The van der Waals surface area contributed by atoms with Crippen LogP contribution in [0.25, 0.3) is 0 Å². The van der Waals surface area contributed by atoms with Gasteiger partial charge in [0.15, 0.2) is 11.5 Å². The third-order valence-electron chi connectivity index (χ3n) is 2.78. The summed E-state index contributed by atoms with van der Waals surface area (Å²) in [7, 11) is 2.99. The second kappa shape index (κ2) is 7.00. The number of carbonyl (C=O) groups excluding carboxylic acids is 1. The predicted molar refractivity (Wildman–Crippen MR) is 91.7 cm³/mol. The molecule has 0 aromatic heterocycles. The fourth-order valence-corrected chi connectivity index (χ4v) is 2.65. The smallest absolute Gasteiger partial charge is 0.255 e. The van der Waals surface area contributed by atoms with Gasteiger partial charge in [0.05, 0.1) is 19.2 Å². The van der Waals surface area contributed by atoms with Crippen LogP contribution in [0, 0.1) is 3.57 Å². The molecule has 0 aliphatic rings. The molecule has 6 heteroatoms. The molecular formula is C15H13ClINO3. The normalized spacial score (nSPS) is 10.1. The second-order valence-corrected chi connectivity index (χ2v) is 5.81. The summed E-state index contributed by atoms with van der Waals surface area (Å²) in [5.74, 6) is 0.558. The average molecular weight is 418 g/mol. The first-order valence-corrected chi connectivity index (χ1v) is 7.49. The van der Waals surface area contributed by atoms with E-state index in [0.717, 1.165) is 9.26 Å². The van der Waals surface area contributed by atoms with Gasteiger partial charge in [-0.2, -0.15) is 0 Å². The van der Waals surface area contributed by atoms with E-state index in [1.54, 1.807) is 12.1 Å². The highest BCUT2D eigenvalue weighted by atomic mass is 127. The van der Waals surface area contributed by atoms with Gasteiger partial charge in [0.2, 0.25) is 0 Å². The van der Waals surface area contributed by atoms with E-state index in [0.29, 0.717) is 22.1 Å². The molecule has 0 saturated carbocycles. The van der Waals surface area contributed by atoms with Crippen molar-refractivity contribution in [2.24, 2.45) is 0 Å². The van der Waals surface area contributed by atoms with Gasteiger partial charge in [0, 0.05) is 14.8 Å². The van der Waals surface area contributed by atoms with Gasteiger partial charge >= 0.3 is 0 Å². The standard InChI is InChI=1S/C15H13ClINO3/c1-20-13-7-9(6-12(16)14(13)21-2)15(19)18-11-5-3-4-10(17)8-11/h3-8H,1-2H3,(H,18,19). The minimum atomic E-state index is -0.264. The number of hydrogen-bond acceptors (Lipinski definition) is 3. The van der Waals surface area contributed by atoms with Crippen molar-refractivity contribution in [3.63, 3.8) is 0 Å². The van der Waals surface area contributed by atoms with Gasteiger partial charge in [-0.25, -0.2) is 0 Å². The molecule has 1 N–H and O–H groups in total. The number of methoxy groups -OCH3 is 2. The summed E-state index contributed by atoms with van der Waals surface area (Å²) < 4.78 is 11.4. The minimum absolute atomic E-state index is 0.264. The summed E-state index contributed by atoms with van der Waals surface area (Å²) >= 11 is 8.28. The highest BCUT2D eigenvalue weighted by Gasteiger charge is 2.15. The Labute approximate surface area is 141 Å². The Hall–Kier alpha value is -1.47. The van der Waals surface area contributed by atoms with Gasteiger partial charge in [-0.3, -0.25) is 4.79 Å². The number of ether oxygens (including phenoxy) is 2. The molecule has 0 unspecified atom stereocenters. The van der Waals surface area contributed by atoms with E-state index in [4.69, 9.17) is 21.1 Å². The number of hydrogen-bond donors (Lipinski definition) is 1. The van der Waals surface area contributed by atoms with Gasteiger partial charge in [-0.1, -0.05) is 17.7 Å². The van der Waals surface area contributed by atoms with Crippen molar-refractivity contribution in [2.75, 3.05) is 19.5 Å². The maximum atomic E-state index is 12.3. The SMILES string of the molecule is COc1cc(C(=O)Nc2cccc(I)c2)cc(Cl)c1OC. The summed E-state index contributed by atoms with van der Waals surface area (Å²) in [6, 6.07) is 10.7. The molecule has 21 heavy (non-hydrogen) atoms. The monoisotopic (exact) mass is 417 g/mol. The molecule has 0 fully saturated rings. The number of rotatable bonds is 4. The molecular weight excluding hydrogens is 405 g/mol. The third kappa shape index (κ3) is 3.79. The lowest BCUT2D eigenvalue weighted by molar-refractivity contribution is 0.102. The molecule has 0 radical (unpaired) electrons. The van der Waals surface area contributed by atoms with Crippen LogP contribution >= 0.6 is 34.2 Å². The number of nitrogens with one attached hydrogen (secondary N) is 1. The molecule has 0 spiro atoms. The Kier molecular flexibility index (Phi) is 5.30. The Balaban J connectivity index is 2.29. The summed E-state index contributed by atoms with van der Waals surface area (Å²) in [6.45, 7) is 0. The van der Waals surface area contributed by atoms with Crippen LogP contribution in [0.2, 0.25) is 5.02 Å². The Morgan fingerprint density at radius 1 is 1.19 bits per heavy atom. The number of carbonyl (C=O) groups is 1. The molecule has 0 saturated heterocycles. The van der Waals surface area contributed by atoms with Crippen molar-refractivity contribution in [3.05, 3.63) is 50.6 Å². The van der Waals surface area contributed by atoms with Gasteiger partial charge in [0.25, 0.3) is 5.91 Å². The summed E-state index contributed by atoms with van der Waals surface area (Å²) in [4.78, 5) is 12.3. The molecule has 4 nitrogen and oxygen atoms in total. The first-order valence-electron chi connectivity index (χ1n) is 6.03. The van der Waals surface area contributed by atoms with E-state index in [2.05, 4.69) is 27.9 Å². The molecule has 2 aromatic rings. The highest BCUT2D eigenvalue weighted by Crippen LogP contribution is 2.36. The average Bonchev–Trinajstić information content (AvgIpc) is 2.46. The topological polar surface area (TPSA) is 47.6 Å². The summed E-state index contributed by atoms with van der Waals surface area (Å²) in [5, 5.41) is 3.14. The maximum Gasteiger partial charge on any atom is 0.255 e. The summed E-state index contributed by atoms with van der Waals surface area (Å²) in [6.07, 6.45) is 0. The highest BCUT2D eigenvalue weighted by molar-refractivity contribution is 14.1. The lowest BCUT2D eigenvalue weighted by Crippen LogP contribution is -2.12. The molecule has 1 amide bonds. The minimum Gasteiger partial charge on any atom is -0.493 e. The molecule has 2 rings (SSSR count). The largest absolute Gasteiger partial charge is 0.493 e.